The first-order valence-corrected chi connectivity index (χ1v) is 8.96. The van der Waals surface area contributed by atoms with Gasteiger partial charge in [0.1, 0.15) is 6.04 Å². The summed E-state index contributed by atoms with van der Waals surface area (Å²) < 4.78 is 25.7. The Kier molecular flexibility index (Phi) is 4.88. The number of carbonyl (C=O) groups excluding carboxylic acids is 1. The molecule has 1 atom stereocenters. The number of hydrogen-bond acceptors (Lipinski definition) is 4. The summed E-state index contributed by atoms with van der Waals surface area (Å²) in [5.74, 6) is -0.971. The first-order valence-electron chi connectivity index (χ1n) is 7.35. The van der Waals surface area contributed by atoms with Crippen molar-refractivity contribution >= 4 is 21.9 Å². The predicted molar refractivity (Wildman–Crippen MR) is 76.1 cm³/mol. The smallest absolute Gasteiger partial charge is 0.303 e. The maximum absolute atomic E-state index is 12.4. The molecule has 2 rings (SSSR count). The molecule has 1 N–H and O–H groups in total. The van der Waals surface area contributed by atoms with E-state index < -0.39 is 22.0 Å². The topological polar surface area (TPSA) is 95.0 Å². The van der Waals surface area contributed by atoms with Crippen molar-refractivity contribution in [2.45, 2.75) is 38.6 Å². The van der Waals surface area contributed by atoms with Crippen molar-refractivity contribution in [1.29, 1.82) is 0 Å². The minimum atomic E-state index is -3.36. The molecule has 120 valence electrons. The Morgan fingerprint density at radius 2 is 1.95 bits per heavy atom. The Morgan fingerprint density at radius 1 is 1.29 bits per heavy atom. The van der Waals surface area contributed by atoms with Crippen LogP contribution in [0, 0.1) is 5.92 Å². The van der Waals surface area contributed by atoms with Crippen LogP contribution in [0.15, 0.2) is 0 Å². The molecule has 2 aliphatic heterocycles. The zero-order valence-corrected chi connectivity index (χ0v) is 13.0. The number of aliphatic carboxylic acids is 1. The number of nitrogens with zero attached hydrogens (tertiary/aromatic N) is 2. The lowest BCUT2D eigenvalue weighted by atomic mass is 9.95. The molecule has 2 fully saturated rings. The molecule has 0 spiro atoms. The highest BCUT2D eigenvalue weighted by molar-refractivity contribution is 7.89. The van der Waals surface area contributed by atoms with Gasteiger partial charge >= 0.3 is 5.97 Å². The van der Waals surface area contributed by atoms with Crippen LogP contribution >= 0.6 is 0 Å². The summed E-state index contributed by atoms with van der Waals surface area (Å²) in [6.07, 6.45) is 1.85. The van der Waals surface area contributed by atoms with Crippen molar-refractivity contribution in [2.24, 2.45) is 5.92 Å². The van der Waals surface area contributed by atoms with E-state index >= 15 is 0 Å². The lowest BCUT2D eigenvalue weighted by molar-refractivity contribution is -0.146. The van der Waals surface area contributed by atoms with Gasteiger partial charge in [0.15, 0.2) is 0 Å². The second kappa shape index (κ2) is 6.31. The number of hydrogen-bond donors (Lipinski definition) is 1. The van der Waals surface area contributed by atoms with Crippen LogP contribution in [0.25, 0.3) is 0 Å². The maximum atomic E-state index is 12.4. The zero-order chi connectivity index (χ0) is 15.6. The molecule has 0 radical (unpaired) electrons. The van der Waals surface area contributed by atoms with Crippen molar-refractivity contribution in [3.8, 4) is 0 Å². The highest BCUT2D eigenvalue weighted by atomic mass is 32.2. The molecule has 1 unspecified atom stereocenters. The SMILES string of the molecule is CCCS(=O)(=O)N1CCCC1C(=O)N1CC(CC(=O)O)C1. The zero-order valence-electron chi connectivity index (χ0n) is 12.2. The number of carboxylic acids is 1. The summed E-state index contributed by atoms with van der Waals surface area (Å²) in [4.78, 5) is 24.6. The van der Waals surface area contributed by atoms with Crippen LogP contribution in [-0.4, -0.2) is 66.0 Å². The van der Waals surface area contributed by atoms with E-state index in [-0.39, 0.29) is 24.0 Å². The van der Waals surface area contributed by atoms with Gasteiger partial charge < -0.3 is 10.0 Å². The second-order valence-electron chi connectivity index (χ2n) is 5.79. The van der Waals surface area contributed by atoms with Gasteiger partial charge in [-0.15, -0.1) is 0 Å². The maximum Gasteiger partial charge on any atom is 0.303 e. The average Bonchev–Trinajstić information content (AvgIpc) is 2.82. The molecule has 0 aromatic carbocycles. The van der Waals surface area contributed by atoms with Gasteiger partial charge in [0, 0.05) is 25.6 Å². The fourth-order valence-corrected chi connectivity index (χ4v) is 4.77. The third-order valence-electron chi connectivity index (χ3n) is 4.04. The van der Waals surface area contributed by atoms with Gasteiger partial charge in [-0.2, -0.15) is 4.31 Å². The molecule has 7 nitrogen and oxygen atoms in total. The molecule has 2 saturated heterocycles. The van der Waals surface area contributed by atoms with E-state index in [2.05, 4.69) is 0 Å². The average molecular weight is 318 g/mol. The van der Waals surface area contributed by atoms with E-state index in [1.54, 1.807) is 11.8 Å². The van der Waals surface area contributed by atoms with E-state index in [9.17, 15) is 18.0 Å². The monoisotopic (exact) mass is 318 g/mol. The van der Waals surface area contributed by atoms with Gasteiger partial charge in [-0.1, -0.05) is 6.92 Å². The Morgan fingerprint density at radius 3 is 2.52 bits per heavy atom. The van der Waals surface area contributed by atoms with Gasteiger partial charge in [-0.05, 0) is 19.3 Å². The van der Waals surface area contributed by atoms with E-state index in [0.29, 0.717) is 38.9 Å². The molecule has 0 saturated carbocycles. The summed E-state index contributed by atoms with van der Waals surface area (Å²) in [6, 6.07) is -0.590. The van der Waals surface area contributed by atoms with Crippen molar-refractivity contribution < 1.29 is 23.1 Å². The second-order valence-corrected chi connectivity index (χ2v) is 7.83. The fourth-order valence-electron chi connectivity index (χ4n) is 3.03. The Bertz CT molecular complexity index is 513. The van der Waals surface area contributed by atoms with Crippen LogP contribution < -0.4 is 0 Å². The van der Waals surface area contributed by atoms with Crippen LogP contribution in [0.1, 0.15) is 32.6 Å². The number of carboxylic acid groups (broad SMARTS) is 1. The molecule has 0 aliphatic carbocycles. The van der Waals surface area contributed by atoms with Crippen molar-refractivity contribution in [1.82, 2.24) is 9.21 Å². The normalized spacial score (nSPS) is 24.0. The molecule has 1 amide bonds. The van der Waals surface area contributed by atoms with Gasteiger partial charge in [0.25, 0.3) is 0 Å². The van der Waals surface area contributed by atoms with Gasteiger partial charge in [-0.25, -0.2) is 8.42 Å². The largest absolute Gasteiger partial charge is 0.481 e. The predicted octanol–water partition coefficient (Wildman–Crippen LogP) is 0.124. The quantitative estimate of drug-likeness (QED) is 0.751. The number of likely N-dealkylation sites (tertiary alicyclic amines) is 1. The summed E-state index contributed by atoms with van der Waals surface area (Å²) in [5, 5.41) is 8.70. The summed E-state index contributed by atoms with van der Waals surface area (Å²) in [5.41, 5.74) is 0. The third-order valence-corrected chi connectivity index (χ3v) is 6.12. The fraction of sp³-hybridized carbons (Fsp3) is 0.846. The molecule has 0 aromatic heterocycles. The number of rotatable bonds is 6. The molecule has 0 bridgehead atoms. The molecule has 2 aliphatic rings. The third kappa shape index (κ3) is 3.55. The minimum absolute atomic E-state index is 0.00597. The van der Waals surface area contributed by atoms with E-state index in [4.69, 9.17) is 5.11 Å². The summed E-state index contributed by atoms with van der Waals surface area (Å²) >= 11 is 0. The van der Waals surface area contributed by atoms with E-state index in [1.165, 1.54) is 4.31 Å². The van der Waals surface area contributed by atoms with Gasteiger partial charge in [0.05, 0.1) is 12.2 Å². The Labute approximate surface area is 125 Å². The van der Waals surface area contributed by atoms with E-state index in [1.807, 2.05) is 0 Å². The van der Waals surface area contributed by atoms with Crippen molar-refractivity contribution in [3.05, 3.63) is 0 Å². The minimum Gasteiger partial charge on any atom is -0.481 e. The highest BCUT2D eigenvalue weighted by Gasteiger charge is 2.43. The molecular formula is C13H22N2O5S. The van der Waals surface area contributed by atoms with Gasteiger partial charge in [-0.3, -0.25) is 9.59 Å². The Balaban J connectivity index is 1.95. The first kappa shape index (κ1) is 16.2. The first-order chi connectivity index (χ1) is 9.85. The Hall–Kier alpha value is -1.15. The number of sulfonamides is 1. The van der Waals surface area contributed by atoms with E-state index in [0.717, 1.165) is 0 Å². The number of amides is 1. The molecule has 21 heavy (non-hydrogen) atoms. The van der Waals surface area contributed by atoms with Crippen LogP contribution in [0.2, 0.25) is 0 Å². The summed E-state index contributed by atoms with van der Waals surface area (Å²) in [6.45, 7) is 3.05. The highest BCUT2D eigenvalue weighted by Crippen LogP contribution is 2.27. The van der Waals surface area contributed by atoms with Crippen LogP contribution in [0.5, 0.6) is 0 Å². The molecular weight excluding hydrogens is 296 g/mol. The standard InChI is InChI=1S/C13H22N2O5S/c1-2-6-21(19,20)15-5-3-4-11(15)13(18)14-8-10(9-14)7-12(16)17/h10-11H,2-9H2,1H3,(H,16,17). The van der Waals surface area contributed by atoms with Gasteiger partial charge in [0.2, 0.25) is 15.9 Å². The van der Waals surface area contributed by atoms with Crippen LogP contribution in [-0.2, 0) is 19.6 Å². The molecule has 2 heterocycles. The molecule has 8 heteroatoms. The lowest BCUT2D eigenvalue weighted by Crippen LogP contribution is -2.56. The summed E-state index contributed by atoms with van der Waals surface area (Å²) in [7, 11) is -3.36. The molecule has 0 aromatic rings. The number of carbonyl (C=O) groups is 2. The van der Waals surface area contributed by atoms with Crippen LogP contribution in [0.4, 0.5) is 0 Å². The van der Waals surface area contributed by atoms with Crippen molar-refractivity contribution in [2.75, 3.05) is 25.4 Å². The van der Waals surface area contributed by atoms with Crippen molar-refractivity contribution in [3.63, 3.8) is 0 Å². The lowest BCUT2D eigenvalue weighted by Gasteiger charge is -2.41. The van der Waals surface area contributed by atoms with Crippen LogP contribution in [0.3, 0.4) is 0 Å².